The number of hydrogen-bond donors (Lipinski definition) is 1. The highest BCUT2D eigenvalue weighted by Crippen LogP contribution is 2.26. The number of halogens is 1. The molecule has 0 fully saturated rings. The minimum Gasteiger partial charge on any atom is -0.352 e. The Bertz CT molecular complexity index is 1140. The van der Waals surface area contributed by atoms with Gasteiger partial charge in [0.2, 0.25) is 21.8 Å². The van der Waals surface area contributed by atoms with Crippen molar-refractivity contribution in [3.63, 3.8) is 0 Å². The minimum absolute atomic E-state index is 0.0486. The summed E-state index contributed by atoms with van der Waals surface area (Å²) >= 11 is 6.12. The molecular weight excluding hydrogens is 474 g/mol. The molecule has 2 atom stereocenters. The number of nitrogens with zero attached hydrogens (tertiary/aromatic N) is 2. The Kier molecular flexibility index (Phi) is 9.53. The number of carbonyl (C=O) groups excluding carboxylic acids is 2. The van der Waals surface area contributed by atoms with E-state index in [1.807, 2.05) is 45.0 Å². The lowest BCUT2D eigenvalue weighted by Gasteiger charge is -2.32. The van der Waals surface area contributed by atoms with Crippen LogP contribution in [0.3, 0.4) is 0 Å². The number of sulfonamides is 1. The highest BCUT2D eigenvalue weighted by Gasteiger charge is 2.31. The van der Waals surface area contributed by atoms with Gasteiger partial charge in [-0.05, 0) is 57.4 Å². The van der Waals surface area contributed by atoms with E-state index < -0.39 is 28.5 Å². The Labute approximate surface area is 208 Å². The van der Waals surface area contributed by atoms with Gasteiger partial charge in [-0.15, -0.1) is 0 Å². The van der Waals surface area contributed by atoms with Crippen molar-refractivity contribution in [1.82, 2.24) is 10.2 Å². The summed E-state index contributed by atoms with van der Waals surface area (Å²) in [6, 6.07) is 11.7. The second-order valence-electron chi connectivity index (χ2n) is 8.70. The summed E-state index contributed by atoms with van der Waals surface area (Å²) in [4.78, 5) is 27.9. The van der Waals surface area contributed by atoms with Crippen LogP contribution in [0.4, 0.5) is 5.69 Å². The van der Waals surface area contributed by atoms with Crippen LogP contribution in [0.2, 0.25) is 5.02 Å². The van der Waals surface area contributed by atoms with E-state index in [9.17, 15) is 18.0 Å². The molecule has 2 aromatic rings. The van der Waals surface area contributed by atoms with E-state index in [1.165, 1.54) is 11.0 Å². The Hall–Kier alpha value is -2.58. The van der Waals surface area contributed by atoms with Crippen molar-refractivity contribution in [2.75, 3.05) is 17.1 Å². The molecule has 2 amide bonds. The molecule has 2 aromatic carbocycles. The van der Waals surface area contributed by atoms with Gasteiger partial charge in [0.15, 0.2) is 0 Å². The maximum absolute atomic E-state index is 13.6. The number of hydrogen-bond acceptors (Lipinski definition) is 4. The average Bonchev–Trinajstić information content (AvgIpc) is 2.76. The van der Waals surface area contributed by atoms with E-state index in [0.717, 1.165) is 28.1 Å². The Morgan fingerprint density at radius 3 is 2.35 bits per heavy atom. The van der Waals surface area contributed by atoms with Gasteiger partial charge in [-0.3, -0.25) is 13.9 Å². The largest absolute Gasteiger partial charge is 0.352 e. The van der Waals surface area contributed by atoms with Crippen LogP contribution >= 0.6 is 11.6 Å². The molecule has 0 aliphatic heterocycles. The van der Waals surface area contributed by atoms with Gasteiger partial charge in [0.05, 0.1) is 11.9 Å². The third kappa shape index (κ3) is 7.46. The standard InChI is InChI=1S/C25H34ClN3O4S/c1-7-19(4)27-25(31)20(5)28(15-21-10-8-9-17(2)13-21)24(30)16-29(34(6,32)33)23-14-22(26)12-11-18(23)3/h8-14,19-20H,7,15-16H2,1-6H3,(H,27,31)/t19-,20-/m0/s1. The van der Waals surface area contributed by atoms with Gasteiger partial charge < -0.3 is 10.2 Å². The zero-order chi connectivity index (χ0) is 25.6. The summed E-state index contributed by atoms with van der Waals surface area (Å²) in [5.41, 5.74) is 2.86. The van der Waals surface area contributed by atoms with E-state index in [0.29, 0.717) is 16.3 Å². The number of nitrogens with one attached hydrogen (secondary N) is 1. The zero-order valence-corrected chi connectivity index (χ0v) is 22.2. The van der Waals surface area contributed by atoms with E-state index in [-0.39, 0.29) is 18.5 Å². The molecule has 0 spiro atoms. The molecule has 0 unspecified atom stereocenters. The van der Waals surface area contributed by atoms with Gasteiger partial charge in [-0.1, -0.05) is 54.4 Å². The Morgan fingerprint density at radius 1 is 1.09 bits per heavy atom. The maximum atomic E-state index is 13.6. The number of aryl methyl sites for hydroxylation is 2. The van der Waals surface area contributed by atoms with Crippen molar-refractivity contribution >= 4 is 39.1 Å². The van der Waals surface area contributed by atoms with Crippen LogP contribution in [0, 0.1) is 13.8 Å². The fourth-order valence-corrected chi connectivity index (χ4v) is 4.57. The highest BCUT2D eigenvalue weighted by molar-refractivity contribution is 7.92. The molecule has 0 heterocycles. The molecule has 0 aliphatic rings. The van der Waals surface area contributed by atoms with E-state index >= 15 is 0 Å². The fourth-order valence-electron chi connectivity index (χ4n) is 3.50. The van der Waals surface area contributed by atoms with Crippen LogP contribution in [0.5, 0.6) is 0 Å². The van der Waals surface area contributed by atoms with Gasteiger partial charge in [0.25, 0.3) is 0 Å². The van der Waals surface area contributed by atoms with Gasteiger partial charge in [0, 0.05) is 17.6 Å². The zero-order valence-electron chi connectivity index (χ0n) is 20.6. The second-order valence-corrected chi connectivity index (χ2v) is 11.0. The Morgan fingerprint density at radius 2 is 1.76 bits per heavy atom. The average molecular weight is 508 g/mol. The fraction of sp³-hybridized carbons (Fsp3) is 0.440. The third-order valence-corrected chi connectivity index (χ3v) is 7.08. The van der Waals surface area contributed by atoms with Crippen LogP contribution in [0.25, 0.3) is 0 Å². The van der Waals surface area contributed by atoms with Gasteiger partial charge >= 0.3 is 0 Å². The first-order valence-electron chi connectivity index (χ1n) is 11.2. The van der Waals surface area contributed by atoms with Crippen molar-refractivity contribution < 1.29 is 18.0 Å². The first-order valence-corrected chi connectivity index (χ1v) is 13.4. The van der Waals surface area contributed by atoms with E-state index in [2.05, 4.69) is 5.32 Å². The number of amides is 2. The van der Waals surface area contributed by atoms with E-state index in [1.54, 1.807) is 26.0 Å². The molecule has 1 N–H and O–H groups in total. The SMILES string of the molecule is CC[C@H](C)NC(=O)[C@H](C)N(Cc1cccc(C)c1)C(=O)CN(c1cc(Cl)ccc1C)S(C)(=O)=O. The molecule has 0 aliphatic carbocycles. The number of anilines is 1. The first-order chi connectivity index (χ1) is 15.8. The molecule has 9 heteroatoms. The molecule has 7 nitrogen and oxygen atoms in total. The molecule has 0 saturated heterocycles. The molecular formula is C25H34ClN3O4S. The quantitative estimate of drug-likeness (QED) is 0.525. The lowest BCUT2D eigenvalue weighted by molar-refractivity contribution is -0.139. The topological polar surface area (TPSA) is 86.8 Å². The summed E-state index contributed by atoms with van der Waals surface area (Å²) in [6.07, 6.45) is 1.80. The molecule has 0 radical (unpaired) electrons. The Balaban J connectivity index is 2.43. The second kappa shape index (κ2) is 11.7. The van der Waals surface area contributed by atoms with Crippen LogP contribution in [-0.2, 0) is 26.2 Å². The van der Waals surface area contributed by atoms with Crippen molar-refractivity contribution in [3.05, 3.63) is 64.2 Å². The molecule has 2 rings (SSSR count). The summed E-state index contributed by atoms with van der Waals surface area (Å²) < 4.78 is 26.4. The minimum atomic E-state index is -3.81. The van der Waals surface area contributed by atoms with Crippen molar-refractivity contribution in [1.29, 1.82) is 0 Å². The number of rotatable bonds is 10. The van der Waals surface area contributed by atoms with Gasteiger partial charge in [-0.25, -0.2) is 8.42 Å². The lowest BCUT2D eigenvalue weighted by atomic mass is 10.1. The van der Waals surface area contributed by atoms with Crippen LogP contribution in [0.15, 0.2) is 42.5 Å². The normalized spacial score (nSPS) is 13.1. The highest BCUT2D eigenvalue weighted by atomic mass is 35.5. The van der Waals surface area contributed by atoms with Gasteiger partial charge in [0.1, 0.15) is 12.6 Å². The summed E-state index contributed by atoms with van der Waals surface area (Å²) in [6.45, 7) is 8.92. The third-order valence-electron chi connectivity index (χ3n) is 5.72. The van der Waals surface area contributed by atoms with Gasteiger partial charge in [-0.2, -0.15) is 0 Å². The molecule has 34 heavy (non-hydrogen) atoms. The monoisotopic (exact) mass is 507 g/mol. The van der Waals surface area contributed by atoms with E-state index in [4.69, 9.17) is 11.6 Å². The number of carbonyl (C=O) groups is 2. The summed E-state index contributed by atoms with van der Waals surface area (Å²) in [7, 11) is -3.81. The number of benzene rings is 2. The smallest absolute Gasteiger partial charge is 0.244 e. The predicted octanol–water partition coefficient (Wildman–Crippen LogP) is 4.05. The molecule has 0 aromatic heterocycles. The maximum Gasteiger partial charge on any atom is 0.244 e. The van der Waals surface area contributed by atoms with Crippen molar-refractivity contribution in [3.8, 4) is 0 Å². The predicted molar refractivity (Wildman–Crippen MR) is 137 cm³/mol. The summed E-state index contributed by atoms with van der Waals surface area (Å²) in [5, 5.41) is 3.27. The molecule has 0 bridgehead atoms. The van der Waals surface area contributed by atoms with Crippen LogP contribution < -0.4 is 9.62 Å². The van der Waals surface area contributed by atoms with Crippen molar-refractivity contribution in [2.45, 2.75) is 59.7 Å². The lowest BCUT2D eigenvalue weighted by Crippen LogP contribution is -2.52. The van der Waals surface area contributed by atoms with Crippen LogP contribution in [-0.4, -0.2) is 50.0 Å². The molecule has 0 saturated carbocycles. The van der Waals surface area contributed by atoms with Crippen LogP contribution in [0.1, 0.15) is 43.9 Å². The molecule has 186 valence electrons. The first kappa shape index (κ1) is 27.7. The summed E-state index contributed by atoms with van der Waals surface area (Å²) in [5.74, 6) is -0.779. The van der Waals surface area contributed by atoms with Crippen molar-refractivity contribution in [2.24, 2.45) is 0 Å².